The van der Waals surface area contributed by atoms with Crippen molar-refractivity contribution in [1.82, 2.24) is 13.9 Å². The van der Waals surface area contributed by atoms with Crippen molar-refractivity contribution in [3.8, 4) is 17.2 Å². The minimum atomic E-state index is -3.89. The highest BCUT2D eigenvalue weighted by molar-refractivity contribution is 7.89. The molecule has 4 rings (SSSR count). The summed E-state index contributed by atoms with van der Waals surface area (Å²) in [6.45, 7) is 5.81. The highest BCUT2D eigenvalue weighted by Crippen LogP contribution is 2.30. The van der Waals surface area contributed by atoms with Crippen molar-refractivity contribution in [3.05, 3.63) is 88.5 Å². The second kappa shape index (κ2) is 10.4. The number of para-hydroxylation sites is 1. The largest absolute Gasteiger partial charge is 0.497 e. The Hall–Kier alpha value is -3.69. The summed E-state index contributed by atoms with van der Waals surface area (Å²) in [5, 5.41) is 0.362. The van der Waals surface area contributed by atoms with Crippen molar-refractivity contribution in [3.63, 3.8) is 0 Å². The average Bonchev–Trinajstić information content (AvgIpc) is 2.91. The van der Waals surface area contributed by atoms with Crippen molar-refractivity contribution in [2.24, 2.45) is 0 Å². The Kier molecular flexibility index (Phi) is 7.38. The van der Waals surface area contributed by atoms with Crippen LogP contribution in [0.15, 0.2) is 76.4 Å². The van der Waals surface area contributed by atoms with E-state index in [0.29, 0.717) is 28.1 Å². The van der Waals surface area contributed by atoms with Gasteiger partial charge in [-0.3, -0.25) is 9.36 Å². The number of fused-ring (bicyclic) bond motifs is 1. The van der Waals surface area contributed by atoms with Crippen LogP contribution in [0.1, 0.15) is 44.1 Å². The fourth-order valence-corrected chi connectivity index (χ4v) is 5.51. The molecular formula is C28H31N3O5S. The van der Waals surface area contributed by atoms with Crippen LogP contribution in [-0.4, -0.2) is 43.5 Å². The summed E-state index contributed by atoms with van der Waals surface area (Å²) in [7, 11) is 0.667. The van der Waals surface area contributed by atoms with E-state index in [1.54, 1.807) is 68.6 Å². The molecule has 1 heterocycles. The molecule has 9 heteroatoms. The van der Waals surface area contributed by atoms with E-state index in [-0.39, 0.29) is 22.2 Å². The molecule has 8 nitrogen and oxygen atoms in total. The summed E-state index contributed by atoms with van der Waals surface area (Å²) >= 11 is 0. The van der Waals surface area contributed by atoms with E-state index in [9.17, 15) is 13.2 Å². The van der Waals surface area contributed by atoms with Gasteiger partial charge in [0, 0.05) is 7.05 Å². The number of sulfonamides is 1. The lowest BCUT2D eigenvalue weighted by atomic mass is 10.0. The highest BCUT2D eigenvalue weighted by Gasteiger charge is 2.30. The molecular weight excluding hydrogens is 490 g/mol. The van der Waals surface area contributed by atoms with Gasteiger partial charge in [-0.05, 0) is 66.9 Å². The summed E-state index contributed by atoms with van der Waals surface area (Å²) in [6, 6.07) is 18.2. The third kappa shape index (κ3) is 4.84. The van der Waals surface area contributed by atoms with Gasteiger partial charge >= 0.3 is 0 Å². The van der Waals surface area contributed by atoms with Crippen molar-refractivity contribution in [1.29, 1.82) is 0 Å². The minimum Gasteiger partial charge on any atom is -0.497 e. The minimum absolute atomic E-state index is 0.169. The van der Waals surface area contributed by atoms with Gasteiger partial charge in [0.25, 0.3) is 5.56 Å². The van der Waals surface area contributed by atoms with Crippen LogP contribution in [0.5, 0.6) is 11.5 Å². The molecule has 4 aromatic rings. The van der Waals surface area contributed by atoms with Crippen LogP contribution in [0.4, 0.5) is 0 Å². The summed E-state index contributed by atoms with van der Waals surface area (Å²) in [6.07, 6.45) is 0. The predicted molar refractivity (Wildman–Crippen MR) is 144 cm³/mol. The second-order valence-corrected chi connectivity index (χ2v) is 11.1. The molecule has 0 aliphatic carbocycles. The molecule has 0 saturated carbocycles. The van der Waals surface area contributed by atoms with Crippen molar-refractivity contribution in [2.45, 2.75) is 37.6 Å². The normalized spacial score (nSPS) is 12.8. The van der Waals surface area contributed by atoms with Gasteiger partial charge in [0.15, 0.2) is 0 Å². The standard InChI is InChI=1S/C28H31N3O5S/c1-18(2)20-10-16-23(17-11-20)37(33,34)30(4)19(3)27-29-26-24(8-7-9-25(26)36-6)28(32)31(27)21-12-14-22(35-5)15-13-21/h7-19H,1-6H3. The second-order valence-electron chi connectivity index (χ2n) is 9.09. The number of ether oxygens (including phenoxy) is 2. The zero-order valence-corrected chi connectivity index (χ0v) is 22.6. The third-order valence-electron chi connectivity index (χ3n) is 6.58. The van der Waals surface area contributed by atoms with E-state index in [0.717, 1.165) is 5.56 Å². The lowest BCUT2D eigenvalue weighted by Crippen LogP contribution is -2.35. The Morgan fingerprint density at radius 2 is 1.54 bits per heavy atom. The van der Waals surface area contributed by atoms with E-state index in [4.69, 9.17) is 14.5 Å². The molecule has 0 saturated heterocycles. The first-order valence-corrected chi connectivity index (χ1v) is 13.4. The zero-order chi connectivity index (χ0) is 26.9. The average molecular weight is 522 g/mol. The van der Waals surface area contributed by atoms with Crippen LogP contribution >= 0.6 is 0 Å². The molecule has 1 unspecified atom stereocenters. The van der Waals surface area contributed by atoms with Gasteiger partial charge in [-0.15, -0.1) is 0 Å². The Balaban J connectivity index is 1.90. The van der Waals surface area contributed by atoms with Crippen LogP contribution < -0.4 is 15.0 Å². The summed E-state index contributed by atoms with van der Waals surface area (Å²) < 4.78 is 40.6. The molecule has 1 atom stereocenters. The number of rotatable bonds is 8. The van der Waals surface area contributed by atoms with Gasteiger partial charge in [-0.25, -0.2) is 13.4 Å². The first-order valence-electron chi connectivity index (χ1n) is 11.9. The maximum Gasteiger partial charge on any atom is 0.266 e. The Bertz CT molecular complexity index is 1580. The topological polar surface area (TPSA) is 90.7 Å². The lowest BCUT2D eigenvalue weighted by molar-refractivity contribution is 0.378. The van der Waals surface area contributed by atoms with Crippen molar-refractivity contribution >= 4 is 20.9 Å². The molecule has 37 heavy (non-hydrogen) atoms. The molecule has 0 radical (unpaired) electrons. The highest BCUT2D eigenvalue weighted by atomic mass is 32.2. The van der Waals surface area contributed by atoms with Crippen LogP contribution in [-0.2, 0) is 10.0 Å². The van der Waals surface area contributed by atoms with Crippen molar-refractivity contribution < 1.29 is 17.9 Å². The number of aromatic nitrogens is 2. The molecule has 0 amide bonds. The number of hydrogen-bond donors (Lipinski definition) is 0. The Labute approximate surface area is 217 Å². The third-order valence-corrected chi connectivity index (χ3v) is 8.52. The molecule has 0 fully saturated rings. The molecule has 1 aromatic heterocycles. The van der Waals surface area contributed by atoms with E-state index >= 15 is 0 Å². The summed E-state index contributed by atoms with van der Waals surface area (Å²) in [4.78, 5) is 18.7. The van der Waals surface area contributed by atoms with Gasteiger partial charge in [0.2, 0.25) is 10.0 Å². The summed E-state index contributed by atoms with van der Waals surface area (Å²) in [5.41, 5.74) is 1.62. The monoisotopic (exact) mass is 521 g/mol. The number of methoxy groups -OCH3 is 2. The van der Waals surface area contributed by atoms with Crippen LogP contribution in [0.3, 0.4) is 0 Å². The fraction of sp³-hybridized carbons (Fsp3) is 0.286. The smallest absolute Gasteiger partial charge is 0.266 e. The number of nitrogens with zero attached hydrogens (tertiary/aromatic N) is 3. The van der Waals surface area contributed by atoms with Crippen LogP contribution in [0.25, 0.3) is 16.6 Å². The summed E-state index contributed by atoms with van der Waals surface area (Å²) in [5.74, 6) is 1.60. The molecule has 3 aromatic carbocycles. The van der Waals surface area contributed by atoms with Gasteiger partial charge in [-0.2, -0.15) is 4.31 Å². The molecule has 0 aliphatic heterocycles. The van der Waals surface area contributed by atoms with E-state index in [1.165, 1.54) is 23.0 Å². The Morgan fingerprint density at radius 1 is 0.892 bits per heavy atom. The van der Waals surface area contributed by atoms with Crippen molar-refractivity contribution in [2.75, 3.05) is 21.3 Å². The first kappa shape index (κ1) is 26.4. The SMILES string of the molecule is COc1ccc(-n2c(C(C)N(C)S(=O)(=O)c3ccc(C(C)C)cc3)nc3c(OC)cccc3c2=O)cc1. The van der Waals surface area contributed by atoms with Gasteiger partial charge < -0.3 is 9.47 Å². The molecule has 0 aliphatic rings. The van der Waals surface area contributed by atoms with E-state index < -0.39 is 16.1 Å². The molecule has 194 valence electrons. The van der Waals surface area contributed by atoms with Crippen LogP contribution in [0, 0.1) is 0 Å². The molecule has 0 N–H and O–H groups in total. The quantitative estimate of drug-likeness (QED) is 0.327. The first-order chi connectivity index (χ1) is 17.6. The maximum absolute atomic E-state index is 13.8. The van der Waals surface area contributed by atoms with Crippen LogP contribution in [0.2, 0.25) is 0 Å². The van der Waals surface area contributed by atoms with Gasteiger partial charge in [-0.1, -0.05) is 32.0 Å². The fourth-order valence-electron chi connectivity index (χ4n) is 4.19. The maximum atomic E-state index is 13.8. The van der Waals surface area contributed by atoms with E-state index in [2.05, 4.69) is 13.8 Å². The predicted octanol–water partition coefficient (Wildman–Crippen LogP) is 4.91. The Morgan fingerprint density at radius 3 is 2.11 bits per heavy atom. The molecule has 0 spiro atoms. The van der Waals surface area contributed by atoms with Gasteiger partial charge in [0.1, 0.15) is 22.8 Å². The lowest BCUT2D eigenvalue weighted by Gasteiger charge is -2.27. The van der Waals surface area contributed by atoms with Gasteiger partial charge in [0.05, 0.1) is 36.2 Å². The van der Waals surface area contributed by atoms with E-state index in [1.807, 2.05) is 12.1 Å². The zero-order valence-electron chi connectivity index (χ0n) is 21.8. The number of hydrogen-bond acceptors (Lipinski definition) is 6. The molecule has 0 bridgehead atoms. The number of benzene rings is 3.